The Bertz CT molecular complexity index is 1820. The maximum Gasteiger partial charge on any atom is 0.408 e. The van der Waals surface area contributed by atoms with Crippen molar-refractivity contribution < 1.29 is 36.7 Å². The number of hydrogen-bond donors (Lipinski definition) is 4. The van der Waals surface area contributed by atoms with Crippen LogP contribution in [0.3, 0.4) is 0 Å². The third kappa shape index (κ3) is 9.54. The molecular formula is C35H46ClFN8O7S. The lowest BCUT2D eigenvalue weighted by Gasteiger charge is -2.35. The van der Waals surface area contributed by atoms with Crippen LogP contribution >= 0.6 is 11.6 Å². The first kappa shape index (κ1) is 38.6. The zero-order valence-electron chi connectivity index (χ0n) is 29.9. The van der Waals surface area contributed by atoms with Gasteiger partial charge >= 0.3 is 12.1 Å². The molecule has 2 heterocycles. The molecule has 53 heavy (non-hydrogen) atoms. The van der Waals surface area contributed by atoms with Crippen molar-refractivity contribution >= 4 is 51.2 Å². The van der Waals surface area contributed by atoms with Crippen LogP contribution in [0.1, 0.15) is 72.1 Å². The van der Waals surface area contributed by atoms with Gasteiger partial charge in [-0.2, -0.15) is 15.0 Å². The van der Waals surface area contributed by atoms with Crippen LogP contribution in [-0.2, 0) is 24.3 Å². The summed E-state index contributed by atoms with van der Waals surface area (Å²) in [5.74, 6) is -1.65. The zero-order chi connectivity index (χ0) is 38.1. The molecule has 4 aliphatic rings. The van der Waals surface area contributed by atoms with Crippen LogP contribution in [0.5, 0.6) is 6.01 Å². The summed E-state index contributed by atoms with van der Waals surface area (Å²) >= 11 is 6.20. The number of benzene rings is 1. The van der Waals surface area contributed by atoms with E-state index in [1.54, 1.807) is 26.8 Å². The number of halogens is 2. The minimum atomic E-state index is -3.54. The number of anilines is 2. The van der Waals surface area contributed by atoms with Gasteiger partial charge in [-0.15, -0.1) is 6.58 Å². The first-order valence-electron chi connectivity index (χ1n) is 17.9. The first-order chi connectivity index (χ1) is 25.0. The number of carbonyl (C=O) groups excluding carboxylic acids is 3. The Labute approximate surface area is 313 Å². The number of rotatable bonds is 14. The number of sulfonamides is 1. The van der Waals surface area contributed by atoms with E-state index < -0.39 is 68.1 Å². The van der Waals surface area contributed by atoms with E-state index in [9.17, 15) is 27.2 Å². The van der Waals surface area contributed by atoms with Gasteiger partial charge in [0.05, 0.1) is 17.3 Å². The second kappa shape index (κ2) is 15.3. The Morgan fingerprint density at radius 3 is 2.42 bits per heavy atom. The maximum absolute atomic E-state index is 14.5. The SMILES string of the molecule is C=C[C@@H]1C[C@@]1(CNS(=O)(=O)C1CC1)NC(=O)[C@@H]1C[C@@H](Oc2nc(Cl)nc(Nc3ccc(F)cc3)n2)CN1C(=O)[C@@H](NC(=O)OC1CCCC1)C(C)(C)C. The molecule has 4 N–H and O–H groups in total. The normalized spacial score (nSPS) is 25.0. The molecular weight excluding hydrogens is 731 g/mol. The number of amides is 3. The fraction of sp³-hybridized carbons (Fsp3) is 0.600. The van der Waals surface area contributed by atoms with Crippen molar-refractivity contribution in [2.45, 2.75) is 107 Å². The Morgan fingerprint density at radius 1 is 1.09 bits per heavy atom. The third-order valence-electron chi connectivity index (χ3n) is 10.1. The predicted molar refractivity (Wildman–Crippen MR) is 193 cm³/mol. The number of alkyl carbamates (subject to hydrolysis) is 1. The minimum absolute atomic E-state index is 0.00756. The second-order valence-electron chi connectivity index (χ2n) is 15.3. The zero-order valence-corrected chi connectivity index (χ0v) is 31.5. The molecule has 4 fully saturated rings. The van der Waals surface area contributed by atoms with E-state index in [-0.39, 0.29) is 48.8 Å². The summed E-state index contributed by atoms with van der Waals surface area (Å²) < 4.78 is 53.2. The van der Waals surface area contributed by atoms with Crippen molar-refractivity contribution in [3.05, 3.63) is 48.0 Å². The lowest BCUT2D eigenvalue weighted by atomic mass is 9.85. The van der Waals surface area contributed by atoms with Gasteiger partial charge in [-0.1, -0.05) is 26.8 Å². The summed E-state index contributed by atoms with van der Waals surface area (Å²) in [4.78, 5) is 55.5. The molecule has 1 aromatic heterocycles. The molecule has 3 amide bonds. The number of carbonyl (C=O) groups is 3. The lowest BCUT2D eigenvalue weighted by molar-refractivity contribution is -0.142. The molecule has 3 aliphatic carbocycles. The van der Waals surface area contributed by atoms with Crippen LogP contribution < -0.4 is 25.4 Å². The molecule has 1 saturated heterocycles. The number of ether oxygens (including phenoxy) is 2. The molecule has 2 aromatic rings. The summed E-state index contributed by atoms with van der Waals surface area (Å²) in [6.07, 6.45) is 4.99. The van der Waals surface area contributed by atoms with Crippen molar-refractivity contribution in [3.8, 4) is 6.01 Å². The van der Waals surface area contributed by atoms with Gasteiger partial charge in [-0.25, -0.2) is 22.3 Å². The molecule has 1 aromatic carbocycles. The molecule has 0 bridgehead atoms. The Kier molecular flexibility index (Phi) is 11.2. The van der Waals surface area contributed by atoms with E-state index in [2.05, 4.69) is 42.2 Å². The molecule has 6 rings (SSSR count). The van der Waals surface area contributed by atoms with Crippen LogP contribution in [-0.4, -0.2) is 94.3 Å². The first-order valence-corrected chi connectivity index (χ1v) is 19.8. The van der Waals surface area contributed by atoms with Gasteiger partial charge in [0, 0.05) is 24.6 Å². The molecule has 3 saturated carbocycles. The molecule has 0 radical (unpaired) electrons. The lowest BCUT2D eigenvalue weighted by Crippen LogP contribution is -2.59. The average molecular weight is 777 g/mol. The van der Waals surface area contributed by atoms with Gasteiger partial charge < -0.3 is 30.3 Å². The second-order valence-corrected chi connectivity index (χ2v) is 17.7. The van der Waals surface area contributed by atoms with E-state index >= 15 is 0 Å². The van der Waals surface area contributed by atoms with Crippen LogP contribution in [0.4, 0.5) is 20.8 Å². The summed E-state index contributed by atoms with van der Waals surface area (Å²) in [5.41, 5.74) is -1.24. The molecule has 0 spiro atoms. The maximum atomic E-state index is 14.5. The predicted octanol–water partition coefficient (Wildman–Crippen LogP) is 3.98. The third-order valence-corrected chi connectivity index (χ3v) is 12.2. The monoisotopic (exact) mass is 776 g/mol. The number of aromatic nitrogens is 3. The van der Waals surface area contributed by atoms with Crippen molar-refractivity contribution in [1.29, 1.82) is 0 Å². The Balaban J connectivity index is 1.23. The van der Waals surface area contributed by atoms with Gasteiger partial charge in [0.25, 0.3) is 0 Å². The molecule has 5 atom stereocenters. The van der Waals surface area contributed by atoms with E-state index in [0.717, 1.165) is 25.7 Å². The standard InChI is InChI=1S/C35H46ClFN8O7S/c1-5-20-17-35(20,19-38-53(49,50)25-14-15-25)44-28(46)26-16-24(51-32-42-30(36)41-31(43-32)39-22-12-10-21(37)11-13-22)18-45(26)29(47)27(34(2,3)4)40-33(48)52-23-8-6-7-9-23/h5,10-13,20,23-27,38H,1,6-9,14-19H2,2-4H3,(H,40,48)(H,44,46)(H,39,41,42,43)/t20-,24-,26+,27-,35+/m1/s1. The molecule has 288 valence electrons. The highest BCUT2D eigenvalue weighted by molar-refractivity contribution is 7.90. The average Bonchev–Trinajstić information content (AvgIpc) is 3.96. The van der Waals surface area contributed by atoms with Crippen molar-refractivity contribution in [3.63, 3.8) is 0 Å². The van der Waals surface area contributed by atoms with Crippen molar-refractivity contribution in [2.75, 3.05) is 18.4 Å². The molecule has 1 aliphatic heterocycles. The summed E-state index contributed by atoms with van der Waals surface area (Å²) in [6.45, 7) is 9.14. The van der Waals surface area contributed by atoms with E-state index in [1.165, 1.54) is 29.2 Å². The minimum Gasteiger partial charge on any atom is -0.458 e. The van der Waals surface area contributed by atoms with Crippen LogP contribution in [0.2, 0.25) is 5.28 Å². The van der Waals surface area contributed by atoms with E-state index in [0.29, 0.717) is 24.9 Å². The summed E-state index contributed by atoms with van der Waals surface area (Å²) in [5, 5.41) is 8.07. The molecule has 15 nitrogen and oxygen atoms in total. The van der Waals surface area contributed by atoms with Crippen molar-refractivity contribution in [1.82, 2.24) is 35.2 Å². The topological polar surface area (TPSA) is 194 Å². The highest BCUT2D eigenvalue weighted by atomic mass is 35.5. The smallest absolute Gasteiger partial charge is 0.408 e. The number of likely N-dealkylation sites (tertiary alicyclic amines) is 1. The molecule has 0 unspecified atom stereocenters. The van der Waals surface area contributed by atoms with Crippen molar-refractivity contribution in [2.24, 2.45) is 11.3 Å². The largest absolute Gasteiger partial charge is 0.458 e. The highest BCUT2D eigenvalue weighted by Crippen LogP contribution is 2.45. The molecule has 18 heteroatoms. The quantitative estimate of drug-likeness (QED) is 0.203. The van der Waals surface area contributed by atoms with E-state index in [1.807, 2.05) is 0 Å². The van der Waals surface area contributed by atoms with Gasteiger partial charge in [0.1, 0.15) is 30.1 Å². The van der Waals surface area contributed by atoms with Gasteiger partial charge in [-0.3, -0.25) is 9.59 Å². The number of hydrogen-bond acceptors (Lipinski definition) is 11. The summed E-state index contributed by atoms with van der Waals surface area (Å²) in [7, 11) is -3.54. The van der Waals surface area contributed by atoms with Crippen LogP contribution in [0.15, 0.2) is 36.9 Å². The van der Waals surface area contributed by atoms with Gasteiger partial charge in [-0.05, 0) is 86.2 Å². The Morgan fingerprint density at radius 2 is 1.79 bits per heavy atom. The number of nitrogens with one attached hydrogen (secondary N) is 4. The number of nitrogens with zero attached hydrogens (tertiary/aromatic N) is 4. The van der Waals surface area contributed by atoms with E-state index in [4.69, 9.17) is 21.1 Å². The van der Waals surface area contributed by atoms with Crippen LogP contribution in [0.25, 0.3) is 0 Å². The highest BCUT2D eigenvalue weighted by Gasteiger charge is 2.56. The summed E-state index contributed by atoms with van der Waals surface area (Å²) in [6, 6.07) is 3.15. The van der Waals surface area contributed by atoms with Crippen LogP contribution in [0, 0.1) is 17.2 Å². The fourth-order valence-corrected chi connectivity index (χ4v) is 8.44. The Hall–Kier alpha value is -4.09. The van der Waals surface area contributed by atoms with Gasteiger partial charge in [0.15, 0.2) is 0 Å². The van der Waals surface area contributed by atoms with Gasteiger partial charge in [0.2, 0.25) is 33.1 Å². The fourth-order valence-electron chi connectivity index (χ4n) is 6.84.